The molecular weight excluding hydrogens is 312 g/mol. The van der Waals surface area contributed by atoms with Crippen LogP contribution in [0, 0.1) is 0 Å². The molecule has 3 atom stereocenters. The lowest BCUT2D eigenvalue weighted by molar-refractivity contribution is -0.0131. The first-order valence-corrected chi connectivity index (χ1v) is 11.2. The summed E-state index contributed by atoms with van der Waals surface area (Å²) >= 11 is 0. The fourth-order valence-corrected chi connectivity index (χ4v) is 4.93. The van der Waals surface area contributed by atoms with Crippen LogP contribution in [0.25, 0.3) is 0 Å². The Morgan fingerprint density at radius 1 is 1.09 bits per heavy atom. The van der Waals surface area contributed by atoms with Gasteiger partial charge in [0.15, 0.2) is 0 Å². The molecule has 0 aromatic carbocycles. The van der Waals surface area contributed by atoms with Gasteiger partial charge in [-0.25, -0.2) is 0 Å². The van der Waals surface area contributed by atoms with Gasteiger partial charge in [0.1, 0.15) is 6.10 Å². The molecule has 1 saturated heterocycles. The van der Waals surface area contributed by atoms with E-state index in [-0.39, 0.29) is 12.2 Å². The van der Waals surface area contributed by atoms with Crippen molar-refractivity contribution in [1.29, 1.82) is 0 Å². The van der Waals surface area contributed by atoms with Crippen molar-refractivity contribution >= 4 is 8.80 Å². The highest BCUT2D eigenvalue weighted by Gasteiger charge is 2.41. The summed E-state index contributed by atoms with van der Waals surface area (Å²) < 4.78 is 29.6. The largest absolute Gasteiger partial charge is 0.500 e. The van der Waals surface area contributed by atoms with Gasteiger partial charge in [-0.1, -0.05) is 27.7 Å². The second kappa shape index (κ2) is 11.6. The molecule has 0 saturated carbocycles. The van der Waals surface area contributed by atoms with E-state index < -0.39 is 8.80 Å². The van der Waals surface area contributed by atoms with Crippen LogP contribution in [-0.2, 0) is 22.8 Å². The second-order valence-corrected chi connectivity index (χ2v) is 9.10. The molecule has 3 unspecified atom stereocenters. The van der Waals surface area contributed by atoms with Crippen molar-refractivity contribution in [1.82, 2.24) is 0 Å². The smallest absolute Gasteiger partial charge is 0.376 e. The van der Waals surface area contributed by atoms with E-state index in [1.807, 2.05) is 0 Å². The Balaban J connectivity index is 2.52. The molecule has 0 aromatic rings. The lowest BCUT2D eigenvalue weighted by Gasteiger charge is -2.33. The lowest BCUT2D eigenvalue weighted by atomic mass is 10.1. The van der Waals surface area contributed by atoms with Crippen LogP contribution < -0.4 is 0 Å². The van der Waals surface area contributed by atoms with E-state index in [1.165, 1.54) is 0 Å². The van der Waals surface area contributed by atoms with Crippen LogP contribution in [-0.4, -0.2) is 53.5 Å². The summed E-state index contributed by atoms with van der Waals surface area (Å²) in [7, 11) is -2.57. The normalized spacial score (nSPS) is 20.5. The number of epoxide rings is 1. The Hall–Kier alpha value is 0.0169. The predicted molar refractivity (Wildman–Crippen MR) is 93.7 cm³/mol. The lowest BCUT2D eigenvalue weighted by Crippen LogP contribution is -2.48. The molecule has 138 valence electrons. The number of ether oxygens (including phenoxy) is 2. The first-order valence-electron chi connectivity index (χ1n) is 9.27. The van der Waals surface area contributed by atoms with Gasteiger partial charge in [0.2, 0.25) is 0 Å². The van der Waals surface area contributed by atoms with Crippen LogP contribution in [0.1, 0.15) is 60.3 Å². The average Bonchev–Trinajstić information content (AvgIpc) is 3.39. The molecule has 0 aromatic heterocycles. The van der Waals surface area contributed by atoms with Crippen molar-refractivity contribution in [3.63, 3.8) is 0 Å². The van der Waals surface area contributed by atoms with Gasteiger partial charge in [-0.05, 0) is 32.6 Å². The van der Waals surface area contributed by atoms with E-state index in [2.05, 4.69) is 34.6 Å². The van der Waals surface area contributed by atoms with Crippen molar-refractivity contribution in [2.75, 3.05) is 26.4 Å². The van der Waals surface area contributed by atoms with Gasteiger partial charge in [0, 0.05) is 19.3 Å². The van der Waals surface area contributed by atoms with E-state index in [0.29, 0.717) is 25.9 Å². The van der Waals surface area contributed by atoms with E-state index in [0.717, 1.165) is 38.3 Å². The number of hydrogen-bond acceptors (Lipinski definition) is 5. The van der Waals surface area contributed by atoms with Crippen LogP contribution >= 0.6 is 0 Å². The van der Waals surface area contributed by atoms with Gasteiger partial charge in [0.25, 0.3) is 0 Å². The molecule has 1 aliphatic heterocycles. The van der Waals surface area contributed by atoms with Gasteiger partial charge in [-0.3, -0.25) is 0 Å². The zero-order valence-electron chi connectivity index (χ0n) is 15.6. The quantitative estimate of drug-likeness (QED) is 0.333. The topological polar surface area (TPSA) is 49.5 Å². The molecule has 1 heterocycles. The number of rotatable bonds is 15. The van der Waals surface area contributed by atoms with Gasteiger partial charge in [-0.15, -0.1) is 0 Å². The summed E-state index contributed by atoms with van der Waals surface area (Å²) in [5, 5.41) is 0. The molecule has 5 nitrogen and oxygen atoms in total. The van der Waals surface area contributed by atoms with E-state index in [4.69, 9.17) is 22.8 Å². The summed E-state index contributed by atoms with van der Waals surface area (Å²) in [4.78, 5) is 0. The van der Waals surface area contributed by atoms with Gasteiger partial charge >= 0.3 is 8.80 Å². The predicted octanol–water partition coefficient (Wildman–Crippen LogP) is 3.79. The monoisotopic (exact) mass is 348 g/mol. The van der Waals surface area contributed by atoms with Crippen LogP contribution in [0.15, 0.2) is 0 Å². The summed E-state index contributed by atoms with van der Waals surface area (Å²) in [6.45, 7) is 13.5. The molecular formula is C17H36O5Si. The van der Waals surface area contributed by atoms with Crippen molar-refractivity contribution in [2.24, 2.45) is 0 Å². The first-order chi connectivity index (χ1) is 11.1. The summed E-state index contributed by atoms with van der Waals surface area (Å²) in [6.07, 6.45) is 4.34. The van der Waals surface area contributed by atoms with Crippen LogP contribution in [0.4, 0.5) is 0 Å². The SMILES string of the molecule is CCCO[Si](CC)(OCCC)OC(CC)CC(C)OCC1CO1. The first kappa shape index (κ1) is 21.1. The van der Waals surface area contributed by atoms with Crippen LogP contribution in [0.3, 0.4) is 0 Å². The Labute approximate surface area is 143 Å². The van der Waals surface area contributed by atoms with E-state index >= 15 is 0 Å². The maximum absolute atomic E-state index is 6.42. The molecule has 1 aliphatic rings. The van der Waals surface area contributed by atoms with Gasteiger partial charge < -0.3 is 22.8 Å². The summed E-state index contributed by atoms with van der Waals surface area (Å²) in [5.41, 5.74) is 0. The van der Waals surface area contributed by atoms with Gasteiger partial charge in [0.05, 0.1) is 25.4 Å². The Morgan fingerprint density at radius 3 is 2.13 bits per heavy atom. The Bertz CT molecular complexity index is 291. The highest BCUT2D eigenvalue weighted by Crippen LogP contribution is 2.23. The molecule has 0 radical (unpaired) electrons. The molecule has 0 spiro atoms. The zero-order chi connectivity index (χ0) is 17.1. The van der Waals surface area contributed by atoms with Crippen LogP contribution in [0.5, 0.6) is 0 Å². The summed E-state index contributed by atoms with van der Waals surface area (Å²) in [6, 6.07) is 0.814. The fraction of sp³-hybridized carbons (Fsp3) is 1.00. The molecule has 0 aliphatic carbocycles. The minimum Gasteiger partial charge on any atom is -0.376 e. The molecule has 0 N–H and O–H groups in total. The van der Waals surface area contributed by atoms with Crippen molar-refractivity contribution in [2.45, 2.75) is 84.7 Å². The maximum Gasteiger partial charge on any atom is 0.500 e. The summed E-state index contributed by atoms with van der Waals surface area (Å²) in [5.74, 6) is 0. The van der Waals surface area contributed by atoms with E-state index in [9.17, 15) is 0 Å². The second-order valence-electron chi connectivity index (χ2n) is 6.22. The molecule has 23 heavy (non-hydrogen) atoms. The minimum atomic E-state index is -2.57. The van der Waals surface area contributed by atoms with E-state index in [1.54, 1.807) is 0 Å². The Morgan fingerprint density at radius 2 is 1.70 bits per heavy atom. The third-order valence-electron chi connectivity index (χ3n) is 3.85. The van der Waals surface area contributed by atoms with Crippen molar-refractivity contribution in [3.05, 3.63) is 0 Å². The Kier molecular flexibility index (Phi) is 10.6. The highest BCUT2D eigenvalue weighted by atomic mass is 28.4. The highest BCUT2D eigenvalue weighted by molar-refractivity contribution is 6.60. The molecule has 0 amide bonds. The molecule has 0 bridgehead atoms. The fourth-order valence-electron chi connectivity index (χ4n) is 2.34. The van der Waals surface area contributed by atoms with Crippen LogP contribution in [0.2, 0.25) is 6.04 Å². The average molecular weight is 349 g/mol. The standard InChI is InChI=1S/C17H36O5Si/c1-6-10-20-23(9-4,21-11-7-2)22-16(8-3)12-15(5)18-13-17-14-19-17/h15-17H,6-14H2,1-5H3. The zero-order valence-corrected chi connectivity index (χ0v) is 16.6. The number of hydrogen-bond donors (Lipinski definition) is 0. The molecule has 6 heteroatoms. The molecule has 1 rings (SSSR count). The molecule has 1 fully saturated rings. The third kappa shape index (κ3) is 8.61. The maximum atomic E-state index is 6.42. The minimum absolute atomic E-state index is 0.116. The van der Waals surface area contributed by atoms with Crippen molar-refractivity contribution in [3.8, 4) is 0 Å². The third-order valence-corrected chi connectivity index (χ3v) is 6.70. The van der Waals surface area contributed by atoms with Gasteiger partial charge in [-0.2, -0.15) is 0 Å². The van der Waals surface area contributed by atoms with Crippen molar-refractivity contribution < 1.29 is 22.8 Å².